The number of rotatable bonds is 5. The monoisotopic (exact) mass is 352 g/mol. The zero-order chi connectivity index (χ0) is 18.1. The Morgan fingerprint density at radius 2 is 2.19 bits per heavy atom. The van der Waals surface area contributed by atoms with Crippen LogP contribution in [0.1, 0.15) is 24.1 Å². The second-order valence-electron chi connectivity index (χ2n) is 6.47. The Balaban J connectivity index is 1.43. The molecule has 26 heavy (non-hydrogen) atoms. The van der Waals surface area contributed by atoms with Crippen molar-refractivity contribution in [2.75, 3.05) is 11.4 Å². The third-order valence-corrected chi connectivity index (χ3v) is 4.71. The quantitative estimate of drug-likeness (QED) is 0.497. The molecule has 4 rings (SSSR count). The molecule has 2 heterocycles. The van der Waals surface area contributed by atoms with Crippen molar-refractivity contribution in [1.29, 1.82) is 5.26 Å². The van der Waals surface area contributed by atoms with E-state index in [1.165, 1.54) is 10.9 Å². The van der Waals surface area contributed by atoms with Gasteiger partial charge in [0, 0.05) is 5.69 Å². The third kappa shape index (κ3) is 2.86. The molecule has 0 bridgehead atoms. The molecule has 1 atom stereocenters. The van der Waals surface area contributed by atoms with Crippen LogP contribution in [-0.4, -0.2) is 45.2 Å². The topological polar surface area (TPSA) is 117 Å². The molecule has 1 unspecified atom stereocenters. The van der Waals surface area contributed by atoms with Crippen LogP contribution in [0.2, 0.25) is 0 Å². The first-order valence-electron chi connectivity index (χ1n) is 8.21. The van der Waals surface area contributed by atoms with Gasteiger partial charge in [-0.05, 0) is 30.5 Å². The second-order valence-corrected chi connectivity index (χ2v) is 6.47. The van der Waals surface area contributed by atoms with E-state index >= 15 is 0 Å². The first kappa shape index (κ1) is 16.1. The van der Waals surface area contributed by atoms with Crippen LogP contribution in [0.25, 0.3) is 0 Å². The molecule has 0 radical (unpaired) electrons. The zero-order valence-corrected chi connectivity index (χ0v) is 13.8. The minimum Gasteiger partial charge on any atom is -0.442 e. The van der Waals surface area contributed by atoms with E-state index in [4.69, 9.17) is 9.94 Å². The van der Waals surface area contributed by atoms with Gasteiger partial charge in [0.25, 0.3) is 0 Å². The molecule has 2 fully saturated rings. The summed E-state index contributed by atoms with van der Waals surface area (Å²) in [5.74, 6) is 0. The van der Waals surface area contributed by atoms with Crippen LogP contribution in [0.4, 0.5) is 10.5 Å². The molecule has 0 spiro atoms. The molecule has 1 aliphatic carbocycles. The van der Waals surface area contributed by atoms with Gasteiger partial charge in [-0.2, -0.15) is 5.26 Å². The van der Waals surface area contributed by atoms with Gasteiger partial charge in [0.05, 0.1) is 37.0 Å². The zero-order valence-electron chi connectivity index (χ0n) is 13.8. The molecule has 1 aromatic carbocycles. The number of hydrogen-bond acceptors (Lipinski definition) is 7. The Morgan fingerprint density at radius 3 is 2.85 bits per heavy atom. The molecule has 2 aliphatic rings. The molecule has 1 N–H and O–H groups in total. The van der Waals surface area contributed by atoms with Crippen molar-refractivity contribution in [2.45, 2.75) is 30.9 Å². The van der Waals surface area contributed by atoms with Gasteiger partial charge in [0.1, 0.15) is 11.8 Å². The average molecular weight is 352 g/mol. The molecule has 1 amide bonds. The highest BCUT2D eigenvalue weighted by molar-refractivity contribution is 5.89. The van der Waals surface area contributed by atoms with Crippen LogP contribution in [-0.2, 0) is 16.7 Å². The van der Waals surface area contributed by atoms with Crippen molar-refractivity contribution >= 4 is 18.0 Å². The van der Waals surface area contributed by atoms with E-state index < -0.39 is 6.09 Å². The maximum atomic E-state index is 12.2. The van der Waals surface area contributed by atoms with Crippen molar-refractivity contribution in [3.63, 3.8) is 0 Å². The highest BCUT2D eigenvalue weighted by atomic mass is 16.6. The number of nitrogens with zero attached hydrogens (tertiary/aromatic N) is 6. The average Bonchev–Trinajstić information content (AvgIpc) is 3.20. The number of amides is 1. The van der Waals surface area contributed by atoms with Crippen LogP contribution in [0, 0.1) is 11.3 Å². The lowest BCUT2D eigenvalue weighted by Gasteiger charge is -2.14. The van der Waals surface area contributed by atoms with E-state index in [1.54, 1.807) is 11.1 Å². The summed E-state index contributed by atoms with van der Waals surface area (Å²) < 4.78 is 6.93. The number of hydrogen-bond donors (Lipinski definition) is 1. The number of anilines is 1. The Hall–Kier alpha value is -3.41. The van der Waals surface area contributed by atoms with Crippen molar-refractivity contribution < 1.29 is 14.7 Å². The maximum absolute atomic E-state index is 12.2. The molecule has 132 valence electrons. The van der Waals surface area contributed by atoms with Crippen LogP contribution in [0.3, 0.4) is 0 Å². The number of benzene rings is 1. The number of ether oxygens (including phenoxy) is 1. The van der Waals surface area contributed by atoms with E-state index in [1.807, 2.05) is 24.3 Å². The van der Waals surface area contributed by atoms with E-state index in [0.29, 0.717) is 18.8 Å². The van der Waals surface area contributed by atoms with Gasteiger partial charge in [0.15, 0.2) is 0 Å². The Labute approximate surface area is 149 Å². The van der Waals surface area contributed by atoms with Crippen molar-refractivity contribution in [2.24, 2.45) is 5.16 Å². The number of cyclic esters (lactones) is 1. The summed E-state index contributed by atoms with van der Waals surface area (Å²) >= 11 is 0. The fourth-order valence-corrected chi connectivity index (χ4v) is 3.11. The first-order chi connectivity index (χ1) is 12.6. The molecule has 9 heteroatoms. The molecule has 1 saturated carbocycles. The van der Waals surface area contributed by atoms with Crippen LogP contribution in [0.5, 0.6) is 0 Å². The lowest BCUT2D eigenvalue weighted by molar-refractivity contribution is 0.129. The van der Waals surface area contributed by atoms with E-state index in [9.17, 15) is 10.1 Å². The highest BCUT2D eigenvalue weighted by Crippen LogP contribution is 2.47. The summed E-state index contributed by atoms with van der Waals surface area (Å²) in [4.78, 5) is 13.7. The predicted molar refractivity (Wildman–Crippen MR) is 90.0 cm³/mol. The van der Waals surface area contributed by atoms with E-state index in [2.05, 4.69) is 21.5 Å². The summed E-state index contributed by atoms with van der Waals surface area (Å²) in [5.41, 5.74) is 1.81. The number of aromatic nitrogens is 3. The van der Waals surface area contributed by atoms with Crippen LogP contribution >= 0.6 is 0 Å². The van der Waals surface area contributed by atoms with Gasteiger partial charge >= 0.3 is 6.09 Å². The highest BCUT2D eigenvalue weighted by Gasteiger charge is 2.45. The van der Waals surface area contributed by atoms with Crippen molar-refractivity contribution in [3.05, 3.63) is 41.7 Å². The summed E-state index contributed by atoms with van der Waals surface area (Å²) in [6.07, 6.45) is 3.77. The first-order valence-corrected chi connectivity index (χ1v) is 8.21. The molecule has 9 nitrogen and oxygen atoms in total. The minimum absolute atomic E-state index is 0.338. The maximum Gasteiger partial charge on any atom is 0.414 e. The van der Waals surface area contributed by atoms with Gasteiger partial charge in [-0.15, -0.1) is 5.10 Å². The SMILES string of the molecule is N#CC1(c2ccc(N3CC(Cn4cc(C=NO)nn4)OC3=O)cc2)CC1. The number of oxime groups is 1. The normalized spacial score (nSPS) is 21.0. The standard InChI is InChI=1S/C17H16N6O3/c18-11-17(5-6-17)12-1-3-14(4-2-12)23-10-15(26-16(23)24)9-22-8-13(7-19-25)20-21-22/h1-4,7-8,15,25H,5-6,9-10H2. The lowest BCUT2D eigenvalue weighted by Crippen LogP contribution is -2.26. The summed E-state index contributed by atoms with van der Waals surface area (Å²) in [5, 5.41) is 28.4. The van der Waals surface area contributed by atoms with Gasteiger partial charge in [-0.1, -0.05) is 22.5 Å². The molecular weight excluding hydrogens is 336 g/mol. The molecule has 1 aromatic heterocycles. The molecular formula is C17H16N6O3. The fourth-order valence-electron chi connectivity index (χ4n) is 3.11. The largest absolute Gasteiger partial charge is 0.442 e. The Morgan fingerprint density at radius 1 is 1.42 bits per heavy atom. The molecule has 2 aromatic rings. The van der Waals surface area contributed by atoms with Crippen LogP contribution < -0.4 is 4.90 Å². The van der Waals surface area contributed by atoms with Gasteiger partial charge in [-0.3, -0.25) is 4.90 Å². The third-order valence-electron chi connectivity index (χ3n) is 4.71. The van der Waals surface area contributed by atoms with Crippen molar-refractivity contribution in [1.82, 2.24) is 15.0 Å². The summed E-state index contributed by atoms with van der Waals surface area (Å²) in [7, 11) is 0. The Kier molecular flexibility index (Phi) is 3.80. The fraction of sp³-hybridized carbons (Fsp3) is 0.353. The predicted octanol–water partition coefficient (Wildman–Crippen LogP) is 1.67. The number of carbonyl (C=O) groups excluding carboxylic acids is 1. The van der Waals surface area contributed by atoms with Crippen LogP contribution in [0.15, 0.2) is 35.6 Å². The van der Waals surface area contributed by atoms with Gasteiger partial charge in [-0.25, -0.2) is 9.48 Å². The number of nitriles is 1. The van der Waals surface area contributed by atoms with Crippen molar-refractivity contribution in [3.8, 4) is 6.07 Å². The van der Waals surface area contributed by atoms with Gasteiger partial charge in [0.2, 0.25) is 0 Å². The van der Waals surface area contributed by atoms with Gasteiger partial charge < -0.3 is 9.94 Å². The smallest absolute Gasteiger partial charge is 0.414 e. The Bertz CT molecular complexity index is 894. The second kappa shape index (κ2) is 6.15. The lowest BCUT2D eigenvalue weighted by atomic mass is 9.97. The molecule has 1 saturated heterocycles. The number of carbonyl (C=O) groups is 1. The summed E-state index contributed by atoms with van der Waals surface area (Å²) in [6, 6.07) is 9.88. The van der Waals surface area contributed by atoms with E-state index in [-0.39, 0.29) is 11.5 Å². The summed E-state index contributed by atoms with van der Waals surface area (Å²) in [6.45, 7) is 0.745. The minimum atomic E-state index is -0.415. The molecule has 1 aliphatic heterocycles. The van der Waals surface area contributed by atoms with E-state index in [0.717, 1.165) is 24.1 Å².